The number of nitrogen functional groups attached to an aromatic ring is 1. The van der Waals surface area contributed by atoms with Crippen LogP contribution in [-0.2, 0) is 0 Å². The first-order valence-electron chi connectivity index (χ1n) is 5.53. The fraction of sp³-hybridized carbons (Fsp3) is 0.231. The van der Waals surface area contributed by atoms with Gasteiger partial charge in [-0.15, -0.1) is 0 Å². The Morgan fingerprint density at radius 2 is 2.06 bits per heavy atom. The molecular weight excluding hydrogens is 230 g/mol. The lowest BCUT2D eigenvalue weighted by atomic mass is 9.99. The lowest BCUT2D eigenvalue weighted by Gasteiger charge is -2.10. The van der Waals surface area contributed by atoms with Gasteiger partial charge in [-0.2, -0.15) is 5.10 Å². The summed E-state index contributed by atoms with van der Waals surface area (Å²) in [6.07, 6.45) is 0.715. The number of aromatic nitrogens is 2. The molecule has 0 aliphatic heterocycles. The predicted octanol–water partition coefficient (Wildman–Crippen LogP) is 2.10. The summed E-state index contributed by atoms with van der Waals surface area (Å²) < 4.78 is 5.26. The predicted molar refractivity (Wildman–Crippen MR) is 69.8 cm³/mol. The number of methoxy groups -OCH3 is 1. The highest BCUT2D eigenvalue weighted by atomic mass is 16.5. The highest BCUT2D eigenvalue weighted by Gasteiger charge is 2.15. The third-order valence-electron chi connectivity index (χ3n) is 2.96. The summed E-state index contributed by atoms with van der Waals surface area (Å²) in [5.41, 5.74) is 9.55. The van der Waals surface area contributed by atoms with E-state index in [-0.39, 0.29) is 5.82 Å². The smallest absolute Gasteiger partial charge is 0.156 e. The molecule has 0 fully saturated rings. The van der Waals surface area contributed by atoms with E-state index >= 15 is 0 Å². The number of nitrogens with one attached hydrogen (secondary N) is 1. The van der Waals surface area contributed by atoms with Crippen LogP contribution in [0.3, 0.4) is 0 Å². The van der Waals surface area contributed by atoms with Crippen molar-refractivity contribution in [1.29, 1.82) is 0 Å². The van der Waals surface area contributed by atoms with E-state index in [0.717, 1.165) is 22.4 Å². The number of aromatic amines is 1. The minimum absolute atomic E-state index is 0.216. The number of benzene rings is 1. The maximum Gasteiger partial charge on any atom is 0.156 e. The molecule has 2 rings (SSSR count). The van der Waals surface area contributed by atoms with Crippen molar-refractivity contribution in [2.45, 2.75) is 13.8 Å². The van der Waals surface area contributed by atoms with Crippen molar-refractivity contribution >= 4 is 12.1 Å². The van der Waals surface area contributed by atoms with E-state index in [0.29, 0.717) is 17.5 Å². The van der Waals surface area contributed by atoms with E-state index in [4.69, 9.17) is 10.5 Å². The average molecular weight is 245 g/mol. The molecule has 0 unspecified atom stereocenters. The van der Waals surface area contributed by atoms with E-state index in [1.807, 2.05) is 26.0 Å². The minimum Gasteiger partial charge on any atom is -0.496 e. The zero-order chi connectivity index (χ0) is 13.3. The third-order valence-corrected chi connectivity index (χ3v) is 2.96. The van der Waals surface area contributed by atoms with Crippen LogP contribution in [0.2, 0.25) is 0 Å². The van der Waals surface area contributed by atoms with Crippen LogP contribution >= 0.6 is 0 Å². The second-order valence-corrected chi connectivity index (χ2v) is 4.15. The van der Waals surface area contributed by atoms with Crippen LogP contribution in [0.25, 0.3) is 11.3 Å². The van der Waals surface area contributed by atoms with Gasteiger partial charge in [-0.1, -0.05) is 0 Å². The molecule has 0 bridgehead atoms. The van der Waals surface area contributed by atoms with E-state index in [2.05, 4.69) is 10.2 Å². The van der Waals surface area contributed by atoms with Crippen molar-refractivity contribution in [2.24, 2.45) is 0 Å². The van der Waals surface area contributed by atoms with E-state index in [1.54, 1.807) is 7.11 Å². The number of anilines is 1. The number of aldehydes is 1. The number of H-pyrrole nitrogens is 1. The van der Waals surface area contributed by atoms with Crippen molar-refractivity contribution in [3.05, 3.63) is 28.8 Å². The maximum atomic E-state index is 11.0. The van der Waals surface area contributed by atoms with Gasteiger partial charge in [-0.05, 0) is 37.1 Å². The van der Waals surface area contributed by atoms with Gasteiger partial charge in [-0.25, -0.2) is 0 Å². The molecule has 0 radical (unpaired) electrons. The lowest BCUT2D eigenvalue weighted by Crippen LogP contribution is -1.94. The second kappa shape index (κ2) is 4.52. The summed E-state index contributed by atoms with van der Waals surface area (Å²) >= 11 is 0. The average Bonchev–Trinajstić information content (AvgIpc) is 2.72. The largest absolute Gasteiger partial charge is 0.496 e. The van der Waals surface area contributed by atoms with Gasteiger partial charge in [0.05, 0.1) is 18.4 Å². The Hall–Kier alpha value is -2.30. The molecule has 5 heteroatoms. The summed E-state index contributed by atoms with van der Waals surface area (Å²) in [5, 5.41) is 6.67. The van der Waals surface area contributed by atoms with Gasteiger partial charge in [-0.3, -0.25) is 9.89 Å². The molecule has 0 saturated carbocycles. The van der Waals surface area contributed by atoms with Crippen molar-refractivity contribution in [2.75, 3.05) is 12.8 Å². The molecule has 2 aromatic rings. The maximum absolute atomic E-state index is 11.0. The van der Waals surface area contributed by atoms with Crippen LogP contribution in [0, 0.1) is 13.8 Å². The summed E-state index contributed by atoms with van der Waals surface area (Å²) in [6, 6.07) is 3.88. The van der Waals surface area contributed by atoms with Crippen LogP contribution in [0.1, 0.15) is 21.5 Å². The highest BCUT2D eigenvalue weighted by Crippen LogP contribution is 2.31. The molecule has 1 aromatic carbocycles. The Bertz CT molecular complexity index is 603. The molecule has 5 nitrogen and oxygen atoms in total. The number of nitrogens with zero attached hydrogens (tertiary/aromatic N) is 1. The Morgan fingerprint density at radius 1 is 1.33 bits per heavy atom. The highest BCUT2D eigenvalue weighted by molar-refractivity contribution is 5.92. The minimum atomic E-state index is 0.216. The van der Waals surface area contributed by atoms with Gasteiger partial charge in [0.15, 0.2) is 12.1 Å². The molecular formula is C13H15N3O2. The topological polar surface area (TPSA) is 81.0 Å². The molecule has 0 aliphatic rings. The quantitative estimate of drug-likeness (QED) is 0.811. The molecule has 0 saturated heterocycles. The van der Waals surface area contributed by atoms with Gasteiger partial charge in [0, 0.05) is 5.56 Å². The Balaban J connectivity index is 2.64. The summed E-state index contributed by atoms with van der Waals surface area (Å²) in [4.78, 5) is 11.0. The number of hydrogen-bond acceptors (Lipinski definition) is 4. The first-order valence-corrected chi connectivity index (χ1v) is 5.53. The molecule has 1 aromatic heterocycles. The number of ether oxygens (including phenoxy) is 1. The van der Waals surface area contributed by atoms with Crippen LogP contribution in [-0.4, -0.2) is 23.6 Å². The number of hydrogen-bond donors (Lipinski definition) is 2. The number of carbonyl (C=O) groups is 1. The monoisotopic (exact) mass is 245 g/mol. The number of nitrogens with two attached hydrogens (primary N) is 1. The van der Waals surface area contributed by atoms with Crippen molar-refractivity contribution in [3.8, 4) is 17.0 Å². The van der Waals surface area contributed by atoms with E-state index in [9.17, 15) is 4.79 Å². The molecule has 0 aliphatic carbocycles. The fourth-order valence-electron chi connectivity index (χ4n) is 1.97. The SMILES string of the molecule is COc1cc(C)c(-c2[nH]nc(N)c2C=O)cc1C. The first-order chi connectivity index (χ1) is 8.58. The number of rotatable bonds is 3. The number of aryl methyl sites for hydroxylation is 2. The zero-order valence-corrected chi connectivity index (χ0v) is 10.6. The van der Waals surface area contributed by atoms with Crippen LogP contribution in [0.5, 0.6) is 5.75 Å². The molecule has 0 spiro atoms. The van der Waals surface area contributed by atoms with Gasteiger partial charge >= 0.3 is 0 Å². The molecule has 3 N–H and O–H groups in total. The summed E-state index contributed by atoms with van der Waals surface area (Å²) in [5.74, 6) is 1.03. The molecule has 1 heterocycles. The van der Waals surface area contributed by atoms with Gasteiger partial charge in [0.2, 0.25) is 0 Å². The van der Waals surface area contributed by atoms with Crippen molar-refractivity contribution in [3.63, 3.8) is 0 Å². The standard InChI is InChI=1S/C13H15N3O2/c1-7-5-11(18-3)8(2)4-9(7)12-10(6-17)13(14)16-15-12/h4-6H,1-3H3,(H3,14,15,16). The van der Waals surface area contributed by atoms with Gasteiger partial charge < -0.3 is 10.5 Å². The normalized spacial score (nSPS) is 10.4. The summed E-state index contributed by atoms with van der Waals surface area (Å²) in [6.45, 7) is 3.89. The van der Waals surface area contributed by atoms with Crippen molar-refractivity contribution < 1.29 is 9.53 Å². The van der Waals surface area contributed by atoms with Gasteiger partial charge in [0.25, 0.3) is 0 Å². The zero-order valence-electron chi connectivity index (χ0n) is 10.6. The Morgan fingerprint density at radius 3 is 2.67 bits per heavy atom. The molecule has 0 atom stereocenters. The molecule has 18 heavy (non-hydrogen) atoms. The lowest BCUT2D eigenvalue weighted by molar-refractivity contribution is 0.112. The Kier molecular flexibility index (Phi) is 3.06. The van der Waals surface area contributed by atoms with Crippen LogP contribution in [0.4, 0.5) is 5.82 Å². The first kappa shape index (κ1) is 12.2. The Labute approximate surface area is 105 Å². The van der Waals surface area contributed by atoms with E-state index in [1.165, 1.54) is 0 Å². The molecule has 0 amide bonds. The van der Waals surface area contributed by atoms with Crippen molar-refractivity contribution in [1.82, 2.24) is 10.2 Å². The van der Waals surface area contributed by atoms with E-state index < -0.39 is 0 Å². The van der Waals surface area contributed by atoms with Crippen LogP contribution < -0.4 is 10.5 Å². The third kappa shape index (κ3) is 1.84. The number of carbonyl (C=O) groups excluding carboxylic acids is 1. The van der Waals surface area contributed by atoms with Crippen LogP contribution in [0.15, 0.2) is 12.1 Å². The summed E-state index contributed by atoms with van der Waals surface area (Å²) in [7, 11) is 1.63. The fourth-order valence-corrected chi connectivity index (χ4v) is 1.97. The molecule has 94 valence electrons. The van der Waals surface area contributed by atoms with Gasteiger partial charge in [0.1, 0.15) is 5.75 Å². The second-order valence-electron chi connectivity index (χ2n) is 4.15.